The van der Waals surface area contributed by atoms with Crippen LogP contribution in [0, 0.1) is 0 Å². The molecule has 0 aromatic carbocycles. The van der Waals surface area contributed by atoms with Gasteiger partial charge in [-0.2, -0.15) is 0 Å². The Labute approximate surface area is 79.5 Å². The van der Waals surface area contributed by atoms with E-state index in [0.717, 1.165) is 6.42 Å². The van der Waals surface area contributed by atoms with Crippen molar-refractivity contribution in [1.29, 1.82) is 0 Å². The summed E-state index contributed by atoms with van der Waals surface area (Å²) in [6.07, 6.45) is 9.45. The normalized spacial score (nSPS) is 13.4. The zero-order valence-electron chi connectivity index (χ0n) is 8.16. The number of allylic oxidation sites excluding steroid dienone is 5. The summed E-state index contributed by atoms with van der Waals surface area (Å²) in [5.74, 6) is 0.588. The van der Waals surface area contributed by atoms with Crippen LogP contribution in [0.2, 0.25) is 0 Å². The number of hydrogen-bond acceptors (Lipinski definition) is 2. The Balaban J connectivity index is 4.47. The number of rotatable bonds is 5. The van der Waals surface area contributed by atoms with Crippen LogP contribution in [0.4, 0.5) is 0 Å². The summed E-state index contributed by atoms with van der Waals surface area (Å²) in [6.45, 7) is 5.41. The second kappa shape index (κ2) is 7.22. The first-order valence-corrected chi connectivity index (χ1v) is 4.13. The van der Waals surface area contributed by atoms with Crippen LogP contribution in [0.15, 0.2) is 48.5 Å². The van der Waals surface area contributed by atoms with Gasteiger partial charge in [0.05, 0.1) is 7.11 Å². The van der Waals surface area contributed by atoms with E-state index in [1.165, 1.54) is 7.11 Å². The molecule has 0 aliphatic carbocycles. The largest absolute Gasteiger partial charge is 0.504 e. The first kappa shape index (κ1) is 11.6. The Kier molecular flexibility index (Phi) is 6.42. The van der Waals surface area contributed by atoms with Gasteiger partial charge < -0.3 is 9.84 Å². The quantitative estimate of drug-likeness (QED) is 0.400. The van der Waals surface area contributed by atoms with E-state index in [2.05, 4.69) is 6.58 Å². The maximum Gasteiger partial charge on any atom is 0.160 e. The number of ether oxygens (including phenoxy) is 1. The summed E-state index contributed by atoms with van der Waals surface area (Å²) < 4.78 is 4.97. The number of aliphatic hydroxyl groups excluding tert-OH is 1. The van der Waals surface area contributed by atoms with Crippen LogP contribution < -0.4 is 0 Å². The molecule has 0 rings (SSSR count). The van der Waals surface area contributed by atoms with Gasteiger partial charge in [0.1, 0.15) is 0 Å². The molecule has 72 valence electrons. The Bertz CT molecular complexity index is 234. The molecule has 2 nitrogen and oxygen atoms in total. The van der Waals surface area contributed by atoms with Crippen molar-refractivity contribution in [3.8, 4) is 0 Å². The summed E-state index contributed by atoms with van der Waals surface area (Å²) in [5, 5.41) is 9.40. The number of aliphatic hydroxyl groups is 1. The van der Waals surface area contributed by atoms with Crippen molar-refractivity contribution >= 4 is 0 Å². The third kappa shape index (κ3) is 4.90. The average molecular weight is 180 g/mol. The molecular weight excluding hydrogens is 164 g/mol. The zero-order chi connectivity index (χ0) is 10.1. The van der Waals surface area contributed by atoms with E-state index >= 15 is 0 Å². The van der Waals surface area contributed by atoms with Crippen molar-refractivity contribution in [3.05, 3.63) is 48.5 Å². The Morgan fingerprint density at radius 3 is 2.62 bits per heavy atom. The third-order valence-electron chi connectivity index (χ3n) is 1.37. The lowest BCUT2D eigenvalue weighted by molar-refractivity contribution is 0.274. The highest BCUT2D eigenvalue weighted by Crippen LogP contribution is 2.06. The molecule has 0 aromatic rings. The molecule has 0 radical (unpaired) electrons. The smallest absolute Gasteiger partial charge is 0.160 e. The molecule has 0 aromatic heterocycles. The predicted molar refractivity (Wildman–Crippen MR) is 55.4 cm³/mol. The summed E-state index contributed by atoms with van der Waals surface area (Å²) in [7, 11) is 1.52. The first-order chi connectivity index (χ1) is 6.26. The van der Waals surface area contributed by atoms with Crippen LogP contribution in [0.5, 0.6) is 0 Å². The molecule has 0 heterocycles. The van der Waals surface area contributed by atoms with Crippen LogP contribution in [-0.4, -0.2) is 12.2 Å². The number of hydrogen-bond donors (Lipinski definition) is 1. The molecule has 0 spiro atoms. The molecule has 0 fully saturated rings. The van der Waals surface area contributed by atoms with Gasteiger partial charge in [-0.3, -0.25) is 0 Å². The fourth-order valence-electron chi connectivity index (χ4n) is 0.769. The van der Waals surface area contributed by atoms with Crippen LogP contribution >= 0.6 is 0 Å². The van der Waals surface area contributed by atoms with Crippen molar-refractivity contribution < 1.29 is 9.84 Å². The minimum Gasteiger partial charge on any atom is -0.504 e. The lowest BCUT2D eigenvalue weighted by Crippen LogP contribution is -1.88. The van der Waals surface area contributed by atoms with Crippen LogP contribution in [0.25, 0.3) is 0 Å². The lowest BCUT2D eigenvalue weighted by Gasteiger charge is -2.01. The highest BCUT2D eigenvalue weighted by molar-refractivity contribution is 5.23. The molecule has 0 atom stereocenters. The maximum absolute atomic E-state index is 9.40. The van der Waals surface area contributed by atoms with Gasteiger partial charge in [0.15, 0.2) is 11.5 Å². The fourth-order valence-corrected chi connectivity index (χ4v) is 0.769. The molecule has 0 aliphatic rings. The lowest BCUT2D eigenvalue weighted by atomic mass is 10.3. The third-order valence-corrected chi connectivity index (χ3v) is 1.37. The standard InChI is InChI=1S/C11H16O2/c1-4-6-7-9-11(13-3)10(12)8-5-2/h4-5,7-9,12H,1,6H2,2-3H3/b8-5-,9-7+,11-10-. The van der Waals surface area contributed by atoms with E-state index in [1.54, 1.807) is 24.3 Å². The molecule has 2 heteroatoms. The highest BCUT2D eigenvalue weighted by atomic mass is 16.5. The molecule has 0 unspecified atom stereocenters. The van der Waals surface area contributed by atoms with Gasteiger partial charge >= 0.3 is 0 Å². The summed E-state index contributed by atoms with van der Waals surface area (Å²) in [5.41, 5.74) is 0. The molecule has 1 N–H and O–H groups in total. The van der Waals surface area contributed by atoms with E-state index in [4.69, 9.17) is 4.74 Å². The highest BCUT2D eigenvalue weighted by Gasteiger charge is 1.96. The molecule has 0 amide bonds. The first-order valence-electron chi connectivity index (χ1n) is 4.13. The van der Waals surface area contributed by atoms with E-state index in [9.17, 15) is 5.11 Å². The molecule has 0 saturated carbocycles. The van der Waals surface area contributed by atoms with Crippen LogP contribution in [-0.2, 0) is 4.74 Å². The Morgan fingerprint density at radius 1 is 1.46 bits per heavy atom. The molecule has 0 bridgehead atoms. The van der Waals surface area contributed by atoms with Gasteiger partial charge in [-0.15, -0.1) is 6.58 Å². The van der Waals surface area contributed by atoms with Gasteiger partial charge in [-0.1, -0.05) is 18.2 Å². The van der Waals surface area contributed by atoms with Crippen LogP contribution in [0.3, 0.4) is 0 Å². The van der Waals surface area contributed by atoms with Crippen LogP contribution in [0.1, 0.15) is 13.3 Å². The second-order valence-corrected chi connectivity index (χ2v) is 2.38. The zero-order valence-corrected chi connectivity index (χ0v) is 8.16. The Morgan fingerprint density at radius 2 is 2.15 bits per heavy atom. The van der Waals surface area contributed by atoms with Crippen molar-refractivity contribution in [2.45, 2.75) is 13.3 Å². The minimum atomic E-state index is 0.130. The molecule has 13 heavy (non-hydrogen) atoms. The second-order valence-electron chi connectivity index (χ2n) is 2.38. The summed E-state index contributed by atoms with van der Waals surface area (Å²) >= 11 is 0. The van der Waals surface area contributed by atoms with Crippen molar-refractivity contribution in [1.82, 2.24) is 0 Å². The Hall–Kier alpha value is -1.44. The summed E-state index contributed by atoms with van der Waals surface area (Å²) in [4.78, 5) is 0. The monoisotopic (exact) mass is 180 g/mol. The molecule has 0 aliphatic heterocycles. The minimum absolute atomic E-state index is 0.130. The van der Waals surface area contributed by atoms with Gasteiger partial charge in [0.2, 0.25) is 0 Å². The number of methoxy groups -OCH3 is 1. The fraction of sp³-hybridized carbons (Fsp3) is 0.273. The SMILES string of the molecule is C=CC/C=C/C(OC)=C(O)\C=C/C. The maximum atomic E-state index is 9.40. The average Bonchev–Trinajstić information content (AvgIpc) is 2.13. The van der Waals surface area contributed by atoms with E-state index < -0.39 is 0 Å². The van der Waals surface area contributed by atoms with Crippen molar-refractivity contribution in [2.75, 3.05) is 7.11 Å². The van der Waals surface area contributed by atoms with Crippen molar-refractivity contribution in [3.63, 3.8) is 0 Å². The molecule has 0 saturated heterocycles. The van der Waals surface area contributed by atoms with E-state index in [0.29, 0.717) is 5.76 Å². The van der Waals surface area contributed by atoms with Crippen molar-refractivity contribution in [2.24, 2.45) is 0 Å². The van der Waals surface area contributed by atoms with E-state index in [1.807, 2.05) is 13.0 Å². The molecular formula is C11H16O2. The van der Waals surface area contributed by atoms with E-state index in [-0.39, 0.29) is 5.76 Å². The summed E-state index contributed by atoms with van der Waals surface area (Å²) in [6, 6.07) is 0. The van der Waals surface area contributed by atoms with Gasteiger partial charge in [-0.05, 0) is 25.5 Å². The van der Waals surface area contributed by atoms with Gasteiger partial charge in [0, 0.05) is 0 Å². The predicted octanol–water partition coefficient (Wildman–Crippen LogP) is 3.11. The topological polar surface area (TPSA) is 29.5 Å². The van der Waals surface area contributed by atoms with Gasteiger partial charge in [0.25, 0.3) is 0 Å². The van der Waals surface area contributed by atoms with Gasteiger partial charge in [-0.25, -0.2) is 0 Å².